The normalized spacial score (nSPS) is 10.1. The van der Waals surface area contributed by atoms with Crippen molar-refractivity contribution >= 4 is 24.4 Å². The molecule has 0 aliphatic heterocycles. The molecule has 4 aromatic carbocycles. The molecule has 187 valence electrons. The van der Waals surface area contributed by atoms with Crippen molar-refractivity contribution in [2.45, 2.75) is 0 Å². The van der Waals surface area contributed by atoms with Crippen molar-refractivity contribution in [1.29, 1.82) is 0 Å². The molecule has 6 aromatic rings. The van der Waals surface area contributed by atoms with Crippen LogP contribution in [0.2, 0.25) is 0 Å². The molecule has 0 aliphatic carbocycles. The average Bonchev–Trinajstić information content (AvgIpc) is 3.00. The Hall–Kier alpha value is -4.11. The summed E-state index contributed by atoms with van der Waals surface area (Å²) in [6.45, 7) is 0. The number of hydrogen-bond acceptors (Lipinski definition) is 2. The smallest absolute Gasteiger partial charge is 0.154 e. The molecule has 38 heavy (non-hydrogen) atoms. The number of pyridine rings is 2. The number of nitrogens with zero attached hydrogens (tertiary/aromatic N) is 2. The molecule has 2 nitrogen and oxygen atoms in total. The van der Waals surface area contributed by atoms with Crippen molar-refractivity contribution in [2.24, 2.45) is 0 Å². The molecule has 0 atom stereocenters. The van der Waals surface area contributed by atoms with Gasteiger partial charge in [-0.2, -0.15) is 0 Å². The van der Waals surface area contributed by atoms with E-state index in [1.165, 1.54) is 15.6 Å². The standard InChI is InChI=1S/C18H15Si.C16H11N2.Ni/c1-4-10-16(11-5-1)19(17-12-6-2-7-13-17)18-14-8-3-9-15-18;1-3-10-17-15(8-1)13-6-5-7-14(12-13)16-9-2-4-11-18-16;/h1-15H;1-11H;/q;-1;. The van der Waals surface area contributed by atoms with Crippen LogP contribution < -0.4 is 15.6 Å². The fourth-order valence-corrected chi connectivity index (χ4v) is 6.70. The Balaban J connectivity index is 0.000000173. The Morgan fingerprint density at radius 2 is 0.763 bits per heavy atom. The van der Waals surface area contributed by atoms with E-state index in [9.17, 15) is 0 Å². The van der Waals surface area contributed by atoms with Crippen LogP contribution in [0.5, 0.6) is 0 Å². The van der Waals surface area contributed by atoms with E-state index in [0.717, 1.165) is 22.5 Å². The van der Waals surface area contributed by atoms with Crippen LogP contribution in [-0.2, 0) is 16.5 Å². The van der Waals surface area contributed by atoms with E-state index in [4.69, 9.17) is 0 Å². The van der Waals surface area contributed by atoms with Crippen LogP contribution in [0.3, 0.4) is 0 Å². The Kier molecular flexibility index (Phi) is 9.92. The van der Waals surface area contributed by atoms with E-state index in [1.807, 2.05) is 54.6 Å². The molecule has 4 heteroatoms. The summed E-state index contributed by atoms with van der Waals surface area (Å²) < 4.78 is 0. The molecule has 2 aromatic heterocycles. The van der Waals surface area contributed by atoms with Gasteiger partial charge < -0.3 is 0 Å². The van der Waals surface area contributed by atoms with Gasteiger partial charge in [-0.25, -0.2) is 0 Å². The fraction of sp³-hybridized carbons (Fsp3) is 0. The summed E-state index contributed by atoms with van der Waals surface area (Å²) in [6.07, 6.45) is 3.58. The first-order chi connectivity index (χ1) is 18.4. The van der Waals surface area contributed by atoms with Gasteiger partial charge in [0, 0.05) is 40.3 Å². The van der Waals surface area contributed by atoms with Crippen LogP contribution >= 0.6 is 0 Å². The summed E-state index contributed by atoms with van der Waals surface area (Å²) in [4.78, 5) is 8.66. The van der Waals surface area contributed by atoms with Crippen LogP contribution in [0.1, 0.15) is 0 Å². The monoisotopic (exact) mass is 548 g/mol. The predicted octanol–water partition coefficient (Wildman–Crippen LogP) is 5.81. The van der Waals surface area contributed by atoms with Crippen molar-refractivity contribution in [2.75, 3.05) is 0 Å². The summed E-state index contributed by atoms with van der Waals surface area (Å²) in [5.74, 6) is 0. The van der Waals surface area contributed by atoms with Crippen LogP contribution in [0, 0.1) is 6.07 Å². The zero-order valence-corrected chi connectivity index (χ0v) is 22.7. The molecule has 1 radical (unpaired) electrons. The molecule has 0 saturated carbocycles. The van der Waals surface area contributed by atoms with Gasteiger partial charge in [-0.1, -0.05) is 142 Å². The molecular formula is C34H26N2NiSi-. The summed E-state index contributed by atoms with van der Waals surface area (Å²) in [5, 5.41) is 4.31. The third-order valence-corrected chi connectivity index (χ3v) is 8.60. The number of hydrogen-bond donors (Lipinski definition) is 0. The summed E-state index contributed by atoms with van der Waals surface area (Å²) in [7, 11) is -0.877. The van der Waals surface area contributed by atoms with Gasteiger partial charge in [0.25, 0.3) is 0 Å². The van der Waals surface area contributed by atoms with Crippen molar-refractivity contribution in [3.8, 4) is 22.5 Å². The van der Waals surface area contributed by atoms with Gasteiger partial charge in [-0.15, -0.1) is 24.3 Å². The molecule has 6 rings (SSSR count). The first kappa shape index (κ1) is 26.9. The molecule has 0 saturated heterocycles. The van der Waals surface area contributed by atoms with E-state index in [2.05, 4.69) is 107 Å². The molecule has 0 N–H and O–H groups in total. The van der Waals surface area contributed by atoms with Gasteiger partial charge in [0.2, 0.25) is 0 Å². The van der Waals surface area contributed by atoms with Crippen molar-refractivity contribution in [3.05, 3.63) is 164 Å². The Morgan fingerprint density at radius 3 is 1.11 bits per heavy atom. The van der Waals surface area contributed by atoms with Crippen molar-refractivity contribution < 1.29 is 16.5 Å². The molecule has 0 bridgehead atoms. The number of benzene rings is 4. The number of aromatic nitrogens is 2. The minimum absolute atomic E-state index is 0. The summed E-state index contributed by atoms with van der Waals surface area (Å²) in [5.41, 5.74) is 3.82. The van der Waals surface area contributed by atoms with Crippen LogP contribution in [0.4, 0.5) is 0 Å². The Labute approximate surface area is 236 Å². The molecule has 0 unspecified atom stereocenters. The van der Waals surface area contributed by atoms with Crippen molar-refractivity contribution in [1.82, 2.24) is 9.97 Å². The van der Waals surface area contributed by atoms with E-state index in [-0.39, 0.29) is 16.5 Å². The van der Waals surface area contributed by atoms with Crippen molar-refractivity contribution in [3.63, 3.8) is 0 Å². The topological polar surface area (TPSA) is 25.8 Å². The van der Waals surface area contributed by atoms with Gasteiger partial charge in [-0.05, 0) is 12.1 Å². The van der Waals surface area contributed by atoms with Crippen LogP contribution in [0.25, 0.3) is 22.5 Å². The first-order valence-corrected chi connectivity index (χ1v) is 13.8. The van der Waals surface area contributed by atoms with Gasteiger partial charge >= 0.3 is 0 Å². The Morgan fingerprint density at radius 1 is 0.395 bits per heavy atom. The van der Waals surface area contributed by atoms with E-state index in [1.54, 1.807) is 12.4 Å². The maximum absolute atomic E-state index is 4.33. The van der Waals surface area contributed by atoms with Gasteiger partial charge in [0.1, 0.15) is 0 Å². The molecule has 2 heterocycles. The SMILES string of the molecule is [Ni].[c-]1c(-c2ccccn2)cccc1-c1ccccn1.c1ccc([Si](c2ccccc2)c2ccccc2)cc1. The molecule has 0 aliphatic rings. The van der Waals surface area contributed by atoms with E-state index < -0.39 is 8.80 Å². The zero-order valence-electron chi connectivity index (χ0n) is 20.7. The quantitative estimate of drug-likeness (QED) is 0.154. The maximum atomic E-state index is 4.33. The van der Waals surface area contributed by atoms with Gasteiger partial charge in [0.05, 0.1) is 0 Å². The fourth-order valence-electron chi connectivity index (χ4n) is 4.13. The summed E-state index contributed by atoms with van der Waals surface area (Å²) in [6, 6.07) is 53.6. The molecule has 0 fully saturated rings. The summed E-state index contributed by atoms with van der Waals surface area (Å²) >= 11 is 0. The van der Waals surface area contributed by atoms with Gasteiger partial charge in [0.15, 0.2) is 8.80 Å². The number of rotatable bonds is 5. The predicted molar refractivity (Wildman–Crippen MR) is 156 cm³/mol. The van der Waals surface area contributed by atoms with Crippen LogP contribution in [0.15, 0.2) is 158 Å². The molecular weight excluding hydrogens is 523 g/mol. The van der Waals surface area contributed by atoms with Crippen LogP contribution in [-0.4, -0.2) is 18.8 Å². The largest absolute Gasteiger partial charge is 0.295 e. The van der Waals surface area contributed by atoms with E-state index in [0.29, 0.717) is 0 Å². The minimum atomic E-state index is -0.877. The van der Waals surface area contributed by atoms with E-state index >= 15 is 0 Å². The zero-order chi connectivity index (χ0) is 25.1. The minimum Gasteiger partial charge on any atom is -0.295 e. The third kappa shape index (κ3) is 7.01. The molecule has 0 amide bonds. The maximum Gasteiger partial charge on any atom is 0.154 e. The second-order valence-corrected chi connectivity index (χ2v) is 10.9. The van der Waals surface area contributed by atoms with Gasteiger partial charge in [-0.3, -0.25) is 9.97 Å². The average molecular weight is 549 g/mol. The third-order valence-electron chi connectivity index (χ3n) is 5.86. The Bertz CT molecular complexity index is 1350. The second-order valence-electron chi connectivity index (χ2n) is 8.38. The first-order valence-electron chi connectivity index (χ1n) is 12.3. The second kappa shape index (κ2) is 14.0. The molecule has 0 spiro atoms.